The highest BCUT2D eigenvalue weighted by Gasteiger charge is 2.18. The molecule has 0 unspecified atom stereocenters. The lowest BCUT2D eigenvalue weighted by molar-refractivity contribution is -0.111. The van der Waals surface area contributed by atoms with Crippen LogP contribution in [-0.2, 0) is 9.53 Å². The molecular weight excluding hydrogens is 144 g/mol. The van der Waals surface area contributed by atoms with Crippen LogP contribution in [0, 0.1) is 0 Å². The van der Waals surface area contributed by atoms with E-state index in [1.54, 1.807) is 0 Å². The molecule has 0 radical (unpaired) electrons. The number of aliphatic hydroxyl groups excluding tert-OH is 1. The van der Waals surface area contributed by atoms with E-state index in [4.69, 9.17) is 9.84 Å². The van der Waals surface area contributed by atoms with Crippen molar-refractivity contribution >= 4 is 5.78 Å². The number of aliphatic hydroxyl groups is 1. The van der Waals surface area contributed by atoms with Gasteiger partial charge in [0.25, 0.3) is 0 Å². The van der Waals surface area contributed by atoms with Crippen molar-refractivity contribution in [2.75, 3.05) is 6.61 Å². The summed E-state index contributed by atoms with van der Waals surface area (Å²) < 4.78 is 5.09. The molecule has 0 bridgehead atoms. The third kappa shape index (κ3) is 1.61. The smallest absolute Gasteiger partial charge is 0.188 e. The molecule has 1 N–H and O–H groups in total. The van der Waals surface area contributed by atoms with Crippen molar-refractivity contribution in [3.8, 4) is 0 Å². The first-order valence-electron chi connectivity index (χ1n) is 3.49. The Balaban J connectivity index is 2.63. The van der Waals surface area contributed by atoms with Gasteiger partial charge in [0.05, 0.1) is 12.9 Å². The Morgan fingerprint density at radius 3 is 3.00 bits per heavy atom. The lowest BCUT2D eigenvalue weighted by Crippen LogP contribution is -1.90. The monoisotopic (exact) mass is 154 g/mol. The predicted molar refractivity (Wildman–Crippen MR) is 40.0 cm³/mol. The van der Waals surface area contributed by atoms with Crippen molar-refractivity contribution in [3.05, 3.63) is 23.7 Å². The Morgan fingerprint density at radius 2 is 2.55 bits per heavy atom. The number of ether oxygens (including phenoxy) is 1. The van der Waals surface area contributed by atoms with Crippen molar-refractivity contribution in [1.82, 2.24) is 0 Å². The van der Waals surface area contributed by atoms with Crippen LogP contribution in [0.3, 0.4) is 0 Å². The van der Waals surface area contributed by atoms with Gasteiger partial charge < -0.3 is 9.84 Å². The summed E-state index contributed by atoms with van der Waals surface area (Å²) in [7, 11) is 0. The van der Waals surface area contributed by atoms with Gasteiger partial charge in [0, 0.05) is 18.1 Å². The fourth-order valence-electron chi connectivity index (χ4n) is 0.952. The van der Waals surface area contributed by atoms with E-state index in [2.05, 4.69) is 0 Å². The molecule has 0 atom stereocenters. The van der Waals surface area contributed by atoms with Crippen LogP contribution in [0.15, 0.2) is 23.7 Å². The molecule has 11 heavy (non-hydrogen) atoms. The summed E-state index contributed by atoms with van der Waals surface area (Å²) in [5.74, 6) is 0.480. The summed E-state index contributed by atoms with van der Waals surface area (Å²) in [6.07, 6.45) is 2.67. The predicted octanol–water partition coefficient (Wildman–Crippen LogP) is 1.32. The first kappa shape index (κ1) is 7.85. The standard InChI is InChI=1S/C8H10O3/c1-2-11-7-3-6(5-9)8(10)4-7/h4-5,9H,2-3H2,1H3. The molecule has 3 nitrogen and oxygen atoms in total. The Hall–Kier alpha value is -1.25. The summed E-state index contributed by atoms with van der Waals surface area (Å²) in [5.41, 5.74) is 0.397. The molecule has 0 heterocycles. The van der Waals surface area contributed by atoms with E-state index in [0.29, 0.717) is 24.4 Å². The van der Waals surface area contributed by atoms with Crippen molar-refractivity contribution in [2.24, 2.45) is 0 Å². The molecule has 0 aromatic rings. The molecule has 1 aliphatic carbocycles. The second-order valence-corrected chi connectivity index (χ2v) is 2.24. The Morgan fingerprint density at radius 1 is 1.82 bits per heavy atom. The van der Waals surface area contributed by atoms with Gasteiger partial charge in [-0.25, -0.2) is 0 Å². The van der Waals surface area contributed by atoms with Crippen LogP contribution in [0.2, 0.25) is 0 Å². The minimum atomic E-state index is -0.157. The van der Waals surface area contributed by atoms with Crippen molar-refractivity contribution in [1.29, 1.82) is 0 Å². The summed E-state index contributed by atoms with van der Waals surface area (Å²) >= 11 is 0. The zero-order chi connectivity index (χ0) is 8.27. The van der Waals surface area contributed by atoms with Gasteiger partial charge in [-0.1, -0.05) is 0 Å². The van der Waals surface area contributed by atoms with Crippen molar-refractivity contribution in [3.63, 3.8) is 0 Å². The molecule has 0 aromatic heterocycles. The van der Waals surface area contributed by atoms with E-state index < -0.39 is 0 Å². The third-order valence-electron chi connectivity index (χ3n) is 1.46. The van der Waals surface area contributed by atoms with E-state index in [0.717, 1.165) is 6.26 Å². The summed E-state index contributed by atoms with van der Waals surface area (Å²) in [6.45, 7) is 2.41. The molecule has 0 amide bonds. The van der Waals surface area contributed by atoms with Gasteiger partial charge in [-0.3, -0.25) is 4.79 Å². The zero-order valence-electron chi connectivity index (χ0n) is 6.33. The number of hydrogen-bond acceptors (Lipinski definition) is 3. The Kier molecular flexibility index (Phi) is 2.31. The minimum Gasteiger partial charge on any atom is -0.515 e. The van der Waals surface area contributed by atoms with E-state index in [1.807, 2.05) is 6.92 Å². The van der Waals surface area contributed by atoms with Gasteiger partial charge in [-0.15, -0.1) is 0 Å². The summed E-state index contributed by atoms with van der Waals surface area (Å²) in [4.78, 5) is 10.9. The SMILES string of the molecule is CCOC1=CC(=O)C(=CO)C1. The molecule has 1 aliphatic rings. The van der Waals surface area contributed by atoms with Crippen LogP contribution in [0.5, 0.6) is 0 Å². The van der Waals surface area contributed by atoms with Gasteiger partial charge in [-0.05, 0) is 6.92 Å². The van der Waals surface area contributed by atoms with Gasteiger partial charge in [0.15, 0.2) is 5.78 Å². The maximum Gasteiger partial charge on any atom is 0.188 e. The highest BCUT2D eigenvalue weighted by Crippen LogP contribution is 2.20. The first-order chi connectivity index (χ1) is 5.27. The Bertz CT molecular complexity index is 225. The number of allylic oxidation sites excluding steroid dienone is 2. The van der Waals surface area contributed by atoms with Crippen LogP contribution in [0.25, 0.3) is 0 Å². The topological polar surface area (TPSA) is 46.5 Å². The fourth-order valence-corrected chi connectivity index (χ4v) is 0.952. The molecule has 0 saturated carbocycles. The molecule has 1 rings (SSSR count). The van der Waals surface area contributed by atoms with E-state index in [1.165, 1.54) is 6.08 Å². The Labute approximate surface area is 65.0 Å². The zero-order valence-corrected chi connectivity index (χ0v) is 6.33. The number of ketones is 1. The van der Waals surface area contributed by atoms with Crippen LogP contribution in [0.1, 0.15) is 13.3 Å². The largest absolute Gasteiger partial charge is 0.515 e. The number of hydrogen-bond donors (Lipinski definition) is 1. The van der Waals surface area contributed by atoms with Gasteiger partial charge >= 0.3 is 0 Å². The molecule has 3 heteroatoms. The van der Waals surface area contributed by atoms with Gasteiger partial charge in [-0.2, -0.15) is 0 Å². The van der Waals surface area contributed by atoms with Crippen LogP contribution >= 0.6 is 0 Å². The lowest BCUT2D eigenvalue weighted by Gasteiger charge is -2.00. The van der Waals surface area contributed by atoms with Crippen LogP contribution in [0.4, 0.5) is 0 Å². The van der Waals surface area contributed by atoms with Gasteiger partial charge in [0.2, 0.25) is 0 Å². The van der Waals surface area contributed by atoms with Gasteiger partial charge in [0.1, 0.15) is 5.76 Å². The van der Waals surface area contributed by atoms with Crippen molar-refractivity contribution in [2.45, 2.75) is 13.3 Å². The molecule has 0 spiro atoms. The normalized spacial score (nSPS) is 20.6. The quantitative estimate of drug-likeness (QED) is 0.482. The average Bonchev–Trinajstić information content (AvgIpc) is 2.32. The molecule has 0 aliphatic heterocycles. The molecule has 0 saturated heterocycles. The van der Waals surface area contributed by atoms with E-state index in [-0.39, 0.29) is 5.78 Å². The molecular formula is C8H10O3. The maximum absolute atomic E-state index is 10.9. The lowest BCUT2D eigenvalue weighted by atomic mass is 10.2. The number of rotatable bonds is 2. The highest BCUT2D eigenvalue weighted by molar-refractivity contribution is 6.06. The average molecular weight is 154 g/mol. The second kappa shape index (κ2) is 3.23. The number of carbonyl (C=O) groups excluding carboxylic acids is 1. The first-order valence-corrected chi connectivity index (χ1v) is 3.49. The third-order valence-corrected chi connectivity index (χ3v) is 1.46. The van der Waals surface area contributed by atoms with E-state index in [9.17, 15) is 4.79 Å². The van der Waals surface area contributed by atoms with Crippen LogP contribution in [-0.4, -0.2) is 17.5 Å². The second-order valence-electron chi connectivity index (χ2n) is 2.24. The summed E-state index contributed by atoms with van der Waals surface area (Å²) in [5, 5.41) is 8.55. The van der Waals surface area contributed by atoms with Crippen LogP contribution < -0.4 is 0 Å². The van der Waals surface area contributed by atoms with E-state index >= 15 is 0 Å². The molecule has 0 fully saturated rings. The minimum absolute atomic E-state index is 0.157. The molecule has 60 valence electrons. The fraction of sp³-hybridized carbons (Fsp3) is 0.375. The molecule has 0 aromatic carbocycles. The number of carbonyl (C=O) groups is 1. The van der Waals surface area contributed by atoms with Crippen molar-refractivity contribution < 1.29 is 14.6 Å². The maximum atomic E-state index is 10.9. The highest BCUT2D eigenvalue weighted by atomic mass is 16.5. The summed E-state index contributed by atoms with van der Waals surface area (Å²) in [6, 6.07) is 0.